The summed E-state index contributed by atoms with van der Waals surface area (Å²) in [4.78, 5) is 28.9. The molecule has 3 aromatic rings. The molecule has 0 N–H and O–H groups in total. The fraction of sp³-hybridized carbons (Fsp3) is 0.176. The first kappa shape index (κ1) is 17.7. The summed E-state index contributed by atoms with van der Waals surface area (Å²) in [5.74, 6) is 0.634. The maximum atomic E-state index is 12.4. The normalized spacial score (nSPS) is 10.7. The zero-order chi connectivity index (χ0) is 18.7. The van der Waals surface area contributed by atoms with Gasteiger partial charge < -0.3 is 9.64 Å². The van der Waals surface area contributed by atoms with Crippen LogP contribution in [0.2, 0.25) is 5.02 Å². The van der Waals surface area contributed by atoms with Crippen molar-refractivity contribution in [3.05, 3.63) is 74.2 Å². The summed E-state index contributed by atoms with van der Waals surface area (Å²) in [5.41, 5.74) is -0.952. The molecule has 0 aliphatic heterocycles. The van der Waals surface area contributed by atoms with Crippen LogP contribution in [0.25, 0.3) is 5.65 Å². The van der Waals surface area contributed by atoms with Gasteiger partial charge >= 0.3 is 11.2 Å². The summed E-state index contributed by atoms with van der Waals surface area (Å²) in [6.07, 6.45) is 1.45. The van der Waals surface area contributed by atoms with Gasteiger partial charge in [0, 0.05) is 18.3 Å². The van der Waals surface area contributed by atoms with E-state index < -0.39 is 16.2 Å². The van der Waals surface area contributed by atoms with Crippen LogP contribution in [0, 0.1) is 10.1 Å². The fourth-order valence-corrected chi connectivity index (χ4v) is 2.56. The van der Waals surface area contributed by atoms with Gasteiger partial charge in [0.05, 0.1) is 11.5 Å². The largest absolute Gasteiger partial charge is 0.492 e. The van der Waals surface area contributed by atoms with Crippen molar-refractivity contribution in [3.63, 3.8) is 0 Å². The summed E-state index contributed by atoms with van der Waals surface area (Å²) >= 11 is 5.82. The van der Waals surface area contributed by atoms with Crippen LogP contribution in [-0.2, 0) is 0 Å². The molecule has 2 heterocycles. The Labute approximate surface area is 153 Å². The highest BCUT2D eigenvalue weighted by molar-refractivity contribution is 6.30. The zero-order valence-electron chi connectivity index (χ0n) is 13.8. The first-order valence-corrected chi connectivity index (χ1v) is 8.10. The molecule has 8 nitrogen and oxygen atoms in total. The average molecular weight is 375 g/mol. The topological polar surface area (TPSA) is 90.0 Å². The van der Waals surface area contributed by atoms with E-state index in [4.69, 9.17) is 16.3 Å². The van der Waals surface area contributed by atoms with E-state index in [1.165, 1.54) is 11.1 Å². The lowest BCUT2D eigenvalue weighted by Gasteiger charge is -2.18. The predicted molar refractivity (Wildman–Crippen MR) is 98.3 cm³/mol. The van der Waals surface area contributed by atoms with E-state index in [0.29, 0.717) is 23.0 Å². The number of nitrogens with zero attached hydrogens (tertiary/aromatic N) is 4. The standard InChI is InChI=1S/C17H15ClN4O4/c1-20(10-11-26-13-7-5-12(18)6-8-13)16-15(22(24)25)17(23)21-9-3-2-4-14(21)19-16/h2-9H,10-11H2,1H3. The Morgan fingerprint density at radius 3 is 2.69 bits per heavy atom. The van der Waals surface area contributed by atoms with Crippen LogP contribution >= 0.6 is 11.6 Å². The molecule has 0 fully saturated rings. The maximum Gasteiger partial charge on any atom is 0.376 e. The van der Waals surface area contributed by atoms with Crippen LogP contribution < -0.4 is 15.2 Å². The molecule has 0 saturated carbocycles. The van der Waals surface area contributed by atoms with E-state index in [-0.39, 0.29) is 12.4 Å². The smallest absolute Gasteiger partial charge is 0.376 e. The number of hydrogen-bond acceptors (Lipinski definition) is 6. The van der Waals surface area contributed by atoms with Crippen LogP contribution in [-0.4, -0.2) is 34.5 Å². The Morgan fingerprint density at radius 2 is 2.00 bits per heavy atom. The second-order valence-electron chi connectivity index (χ2n) is 5.50. The number of pyridine rings is 1. The Hall–Kier alpha value is -3.13. The summed E-state index contributed by atoms with van der Waals surface area (Å²) in [6, 6.07) is 11.8. The number of hydrogen-bond donors (Lipinski definition) is 0. The van der Waals surface area contributed by atoms with Crippen molar-refractivity contribution in [2.24, 2.45) is 0 Å². The van der Waals surface area contributed by atoms with Crippen LogP contribution in [0.15, 0.2) is 53.5 Å². The predicted octanol–water partition coefficient (Wildman–Crippen LogP) is 2.77. The highest BCUT2D eigenvalue weighted by atomic mass is 35.5. The van der Waals surface area contributed by atoms with Gasteiger partial charge in [-0.3, -0.25) is 19.3 Å². The van der Waals surface area contributed by atoms with Crippen molar-refractivity contribution < 1.29 is 9.66 Å². The van der Waals surface area contributed by atoms with Crippen molar-refractivity contribution in [3.8, 4) is 5.75 Å². The average Bonchev–Trinajstić information content (AvgIpc) is 2.63. The lowest BCUT2D eigenvalue weighted by molar-refractivity contribution is -0.385. The van der Waals surface area contributed by atoms with E-state index in [9.17, 15) is 14.9 Å². The number of likely N-dealkylation sites (N-methyl/N-ethyl adjacent to an activating group) is 1. The number of ether oxygens (including phenoxy) is 1. The Bertz CT molecular complexity index is 1000. The third kappa shape index (κ3) is 3.60. The number of nitro groups is 1. The van der Waals surface area contributed by atoms with Crippen LogP contribution in [0.4, 0.5) is 11.5 Å². The van der Waals surface area contributed by atoms with Gasteiger partial charge in [-0.1, -0.05) is 17.7 Å². The highest BCUT2D eigenvalue weighted by Crippen LogP contribution is 2.22. The van der Waals surface area contributed by atoms with Crippen LogP contribution in [0.5, 0.6) is 5.75 Å². The quantitative estimate of drug-likeness (QED) is 0.486. The zero-order valence-corrected chi connectivity index (χ0v) is 14.6. The van der Waals surface area contributed by atoms with Gasteiger partial charge in [0.15, 0.2) is 0 Å². The molecule has 0 aliphatic rings. The third-order valence-corrected chi connectivity index (χ3v) is 4.00. The molecule has 0 bridgehead atoms. The minimum absolute atomic E-state index is 0.00547. The van der Waals surface area contributed by atoms with Gasteiger partial charge in [-0.2, -0.15) is 0 Å². The van der Waals surface area contributed by atoms with Crippen molar-refractivity contribution in [2.75, 3.05) is 25.1 Å². The van der Waals surface area contributed by atoms with Gasteiger partial charge in [0.1, 0.15) is 18.0 Å². The second kappa shape index (κ2) is 7.40. The van der Waals surface area contributed by atoms with Crippen LogP contribution in [0.1, 0.15) is 0 Å². The van der Waals surface area contributed by atoms with E-state index in [0.717, 1.165) is 4.40 Å². The minimum Gasteiger partial charge on any atom is -0.492 e. The third-order valence-electron chi connectivity index (χ3n) is 3.75. The van der Waals surface area contributed by atoms with E-state index in [1.807, 2.05) is 0 Å². The van der Waals surface area contributed by atoms with Gasteiger partial charge in [-0.25, -0.2) is 4.98 Å². The lowest BCUT2D eigenvalue weighted by Crippen LogP contribution is -2.29. The molecule has 0 unspecified atom stereocenters. The number of halogens is 1. The first-order valence-electron chi connectivity index (χ1n) is 7.72. The SMILES string of the molecule is CN(CCOc1ccc(Cl)cc1)c1nc2ccccn2c(=O)c1[N+](=O)[O-]. The summed E-state index contributed by atoms with van der Waals surface area (Å²) < 4.78 is 6.74. The summed E-state index contributed by atoms with van der Waals surface area (Å²) in [5, 5.41) is 12.0. The number of rotatable bonds is 6. The molecule has 0 aliphatic carbocycles. The van der Waals surface area contributed by atoms with Crippen molar-refractivity contribution in [1.29, 1.82) is 0 Å². The lowest BCUT2D eigenvalue weighted by atomic mass is 10.3. The summed E-state index contributed by atoms with van der Waals surface area (Å²) in [7, 11) is 1.62. The molecule has 0 spiro atoms. The first-order chi connectivity index (χ1) is 12.5. The molecule has 134 valence electrons. The highest BCUT2D eigenvalue weighted by Gasteiger charge is 2.26. The fourth-order valence-electron chi connectivity index (χ4n) is 2.43. The Kier molecular flexibility index (Phi) is 5.04. The van der Waals surface area contributed by atoms with Crippen LogP contribution in [0.3, 0.4) is 0 Å². The minimum atomic E-state index is -0.721. The van der Waals surface area contributed by atoms with Gasteiger partial charge in [-0.15, -0.1) is 0 Å². The number of anilines is 1. The summed E-state index contributed by atoms with van der Waals surface area (Å²) in [6.45, 7) is 0.560. The van der Waals surface area contributed by atoms with Gasteiger partial charge in [0.2, 0.25) is 5.82 Å². The molecular weight excluding hydrogens is 360 g/mol. The van der Waals surface area contributed by atoms with E-state index in [1.54, 1.807) is 49.5 Å². The monoisotopic (exact) mass is 374 g/mol. The van der Waals surface area contributed by atoms with Gasteiger partial charge in [0.25, 0.3) is 0 Å². The second-order valence-corrected chi connectivity index (χ2v) is 5.94. The molecule has 2 aromatic heterocycles. The molecular formula is C17H15ClN4O4. The van der Waals surface area contributed by atoms with Crippen molar-refractivity contribution in [2.45, 2.75) is 0 Å². The molecule has 3 rings (SSSR count). The molecule has 0 radical (unpaired) electrons. The number of fused-ring (bicyclic) bond motifs is 1. The molecule has 0 amide bonds. The Balaban J connectivity index is 1.84. The molecule has 0 saturated heterocycles. The molecule has 0 atom stereocenters. The molecule has 1 aromatic carbocycles. The molecule has 9 heteroatoms. The van der Waals surface area contributed by atoms with Gasteiger partial charge in [-0.05, 0) is 36.4 Å². The number of benzene rings is 1. The van der Waals surface area contributed by atoms with Crippen molar-refractivity contribution in [1.82, 2.24) is 9.38 Å². The number of aromatic nitrogens is 2. The van der Waals surface area contributed by atoms with E-state index >= 15 is 0 Å². The molecule has 26 heavy (non-hydrogen) atoms. The Morgan fingerprint density at radius 1 is 1.27 bits per heavy atom. The van der Waals surface area contributed by atoms with Crippen molar-refractivity contribution >= 4 is 28.8 Å². The van der Waals surface area contributed by atoms with E-state index in [2.05, 4.69) is 4.98 Å². The maximum absolute atomic E-state index is 12.4.